The van der Waals surface area contributed by atoms with Crippen LogP contribution >= 0.6 is 15.9 Å². The largest absolute Gasteiger partial charge is 0.244 e. The van der Waals surface area contributed by atoms with E-state index in [1.165, 1.54) is 6.07 Å². The number of pyridine rings is 1. The predicted molar refractivity (Wildman–Crippen MR) is 44.8 cm³/mol. The Kier molecular flexibility index (Phi) is 2.61. The van der Waals surface area contributed by atoms with Crippen LogP contribution in [-0.2, 0) is 5.33 Å². The molecule has 1 nitrogen and oxygen atoms in total. The summed E-state index contributed by atoms with van der Waals surface area (Å²) in [5, 5.41) is 0.585. The van der Waals surface area contributed by atoms with Crippen molar-refractivity contribution in [3.05, 3.63) is 29.3 Å². The van der Waals surface area contributed by atoms with Gasteiger partial charge in [-0.15, -0.1) is 6.42 Å². The zero-order valence-corrected chi connectivity index (χ0v) is 7.23. The van der Waals surface area contributed by atoms with Crippen molar-refractivity contribution in [1.29, 1.82) is 0 Å². The Balaban J connectivity index is 3.12. The standard InChI is InChI=1S/C8H5BrFN/c1-2-8-7(10)3-6(4-9)5-11-8/h1,3,5H,4H2. The van der Waals surface area contributed by atoms with Crippen molar-refractivity contribution in [1.82, 2.24) is 4.98 Å². The first-order valence-electron chi connectivity index (χ1n) is 2.95. The van der Waals surface area contributed by atoms with Gasteiger partial charge in [-0.05, 0) is 17.6 Å². The maximum Gasteiger partial charge on any atom is 0.157 e. The molecule has 0 aromatic carbocycles. The van der Waals surface area contributed by atoms with Crippen LogP contribution in [0.4, 0.5) is 4.39 Å². The van der Waals surface area contributed by atoms with Crippen LogP contribution in [0.2, 0.25) is 0 Å². The Hall–Kier alpha value is -0.880. The molecule has 11 heavy (non-hydrogen) atoms. The monoisotopic (exact) mass is 213 g/mol. The molecule has 0 N–H and O–H groups in total. The van der Waals surface area contributed by atoms with Crippen molar-refractivity contribution in [2.45, 2.75) is 5.33 Å². The number of hydrogen-bond donors (Lipinski definition) is 0. The summed E-state index contributed by atoms with van der Waals surface area (Å²) >= 11 is 3.18. The Morgan fingerprint density at radius 1 is 1.73 bits per heavy atom. The molecule has 1 rings (SSSR count). The third-order valence-corrected chi connectivity index (χ3v) is 1.84. The summed E-state index contributed by atoms with van der Waals surface area (Å²) in [6.07, 6.45) is 6.53. The minimum atomic E-state index is -0.440. The smallest absolute Gasteiger partial charge is 0.157 e. The van der Waals surface area contributed by atoms with Crippen LogP contribution in [0.5, 0.6) is 0 Å². The number of alkyl halides is 1. The fraction of sp³-hybridized carbons (Fsp3) is 0.125. The summed E-state index contributed by atoms with van der Waals surface area (Å²) in [6.45, 7) is 0. The summed E-state index contributed by atoms with van der Waals surface area (Å²) in [5.74, 6) is 1.70. The highest BCUT2D eigenvalue weighted by molar-refractivity contribution is 9.08. The van der Waals surface area contributed by atoms with E-state index >= 15 is 0 Å². The van der Waals surface area contributed by atoms with Crippen LogP contribution < -0.4 is 0 Å². The van der Waals surface area contributed by atoms with Gasteiger partial charge in [-0.2, -0.15) is 0 Å². The van der Waals surface area contributed by atoms with Gasteiger partial charge in [0.1, 0.15) is 5.69 Å². The molecule has 0 spiro atoms. The van der Waals surface area contributed by atoms with Crippen molar-refractivity contribution in [2.75, 3.05) is 0 Å². The predicted octanol–water partition coefficient (Wildman–Crippen LogP) is 2.10. The molecule has 1 aromatic heterocycles. The second kappa shape index (κ2) is 3.49. The molecule has 0 aliphatic rings. The Morgan fingerprint density at radius 2 is 2.45 bits per heavy atom. The van der Waals surface area contributed by atoms with Gasteiger partial charge in [-0.25, -0.2) is 9.37 Å². The van der Waals surface area contributed by atoms with Crippen molar-refractivity contribution in [2.24, 2.45) is 0 Å². The van der Waals surface area contributed by atoms with Gasteiger partial charge in [0.15, 0.2) is 5.82 Å². The van der Waals surface area contributed by atoms with Crippen LogP contribution in [-0.4, -0.2) is 4.98 Å². The van der Waals surface area contributed by atoms with Gasteiger partial charge in [0.2, 0.25) is 0 Å². The summed E-state index contributed by atoms with van der Waals surface area (Å²) in [5.41, 5.74) is 0.844. The van der Waals surface area contributed by atoms with Crippen LogP contribution in [0.15, 0.2) is 12.3 Å². The van der Waals surface area contributed by atoms with Gasteiger partial charge in [-0.3, -0.25) is 0 Å². The van der Waals surface area contributed by atoms with E-state index in [4.69, 9.17) is 6.42 Å². The van der Waals surface area contributed by atoms with Gasteiger partial charge < -0.3 is 0 Å². The van der Waals surface area contributed by atoms with Crippen molar-refractivity contribution < 1.29 is 4.39 Å². The van der Waals surface area contributed by atoms with Crippen LogP contribution in [0.3, 0.4) is 0 Å². The van der Waals surface area contributed by atoms with Gasteiger partial charge in [-0.1, -0.05) is 15.9 Å². The zero-order chi connectivity index (χ0) is 8.27. The number of hydrogen-bond acceptors (Lipinski definition) is 1. The molecular formula is C8H5BrFN. The second-order valence-electron chi connectivity index (χ2n) is 1.95. The first-order chi connectivity index (χ1) is 5.27. The number of halogens is 2. The molecule has 0 bridgehead atoms. The number of nitrogens with zero attached hydrogens (tertiary/aromatic N) is 1. The molecule has 0 radical (unpaired) electrons. The van der Waals surface area contributed by atoms with Crippen LogP contribution in [0.25, 0.3) is 0 Å². The van der Waals surface area contributed by atoms with Crippen LogP contribution in [0, 0.1) is 18.2 Å². The molecule has 1 aromatic rings. The Bertz CT molecular complexity index is 303. The minimum absolute atomic E-state index is 0.0645. The lowest BCUT2D eigenvalue weighted by atomic mass is 10.3. The number of aromatic nitrogens is 1. The van der Waals surface area contributed by atoms with Crippen molar-refractivity contribution in [3.63, 3.8) is 0 Å². The maximum atomic E-state index is 12.8. The van der Waals surface area contributed by atoms with Gasteiger partial charge in [0, 0.05) is 11.5 Å². The molecule has 0 aliphatic carbocycles. The topological polar surface area (TPSA) is 12.9 Å². The number of rotatable bonds is 1. The van der Waals surface area contributed by atoms with Crippen molar-refractivity contribution in [3.8, 4) is 12.3 Å². The molecule has 0 amide bonds. The molecule has 0 unspecified atom stereocenters. The van der Waals surface area contributed by atoms with E-state index < -0.39 is 5.82 Å². The molecule has 1 heterocycles. The third kappa shape index (κ3) is 1.78. The highest BCUT2D eigenvalue weighted by Gasteiger charge is 2.00. The van der Waals surface area contributed by atoms with Crippen molar-refractivity contribution >= 4 is 15.9 Å². The van der Waals surface area contributed by atoms with E-state index in [1.807, 2.05) is 0 Å². The summed E-state index contributed by atoms with van der Waals surface area (Å²) in [6, 6.07) is 1.37. The first kappa shape index (κ1) is 8.22. The number of terminal acetylenes is 1. The average Bonchev–Trinajstić information content (AvgIpc) is 2.04. The lowest BCUT2D eigenvalue weighted by Gasteiger charge is -1.95. The SMILES string of the molecule is C#Cc1ncc(CBr)cc1F. The Labute approximate surface area is 72.8 Å². The average molecular weight is 214 g/mol. The normalized spacial score (nSPS) is 9.18. The van der Waals surface area contributed by atoms with Gasteiger partial charge in [0.25, 0.3) is 0 Å². The summed E-state index contributed by atoms with van der Waals surface area (Å²) in [4.78, 5) is 3.73. The lowest BCUT2D eigenvalue weighted by molar-refractivity contribution is 0.615. The summed E-state index contributed by atoms with van der Waals surface area (Å²) < 4.78 is 12.8. The molecule has 0 aliphatic heterocycles. The molecular weight excluding hydrogens is 209 g/mol. The molecule has 0 atom stereocenters. The fourth-order valence-corrected chi connectivity index (χ4v) is 0.963. The molecule has 56 valence electrons. The van der Waals surface area contributed by atoms with E-state index in [9.17, 15) is 4.39 Å². The van der Waals surface area contributed by atoms with E-state index in [2.05, 4.69) is 26.8 Å². The Morgan fingerprint density at radius 3 is 2.91 bits per heavy atom. The first-order valence-corrected chi connectivity index (χ1v) is 4.07. The van der Waals surface area contributed by atoms with Crippen LogP contribution in [0.1, 0.15) is 11.3 Å². The lowest BCUT2D eigenvalue weighted by Crippen LogP contribution is -1.90. The minimum Gasteiger partial charge on any atom is -0.244 e. The highest BCUT2D eigenvalue weighted by atomic mass is 79.9. The third-order valence-electron chi connectivity index (χ3n) is 1.19. The molecule has 3 heteroatoms. The molecule has 0 saturated heterocycles. The fourth-order valence-electron chi connectivity index (χ4n) is 0.657. The second-order valence-corrected chi connectivity index (χ2v) is 2.51. The van der Waals surface area contributed by atoms with E-state index in [0.717, 1.165) is 5.56 Å². The maximum absolute atomic E-state index is 12.8. The zero-order valence-electron chi connectivity index (χ0n) is 5.64. The quantitative estimate of drug-likeness (QED) is 0.515. The van der Waals surface area contributed by atoms with E-state index in [0.29, 0.717) is 5.33 Å². The molecule has 0 fully saturated rings. The highest BCUT2D eigenvalue weighted by Crippen LogP contribution is 2.08. The van der Waals surface area contributed by atoms with E-state index in [-0.39, 0.29) is 5.69 Å². The van der Waals surface area contributed by atoms with E-state index in [1.54, 1.807) is 6.20 Å². The van der Waals surface area contributed by atoms with Gasteiger partial charge in [0.05, 0.1) is 0 Å². The molecule has 0 saturated carbocycles. The van der Waals surface area contributed by atoms with Gasteiger partial charge >= 0.3 is 0 Å². The summed E-state index contributed by atoms with van der Waals surface area (Å²) in [7, 11) is 0.